The van der Waals surface area contributed by atoms with E-state index >= 15 is 0 Å². The Hall–Kier alpha value is -0.790. The van der Waals surface area contributed by atoms with E-state index in [0.29, 0.717) is 6.04 Å². The summed E-state index contributed by atoms with van der Waals surface area (Å²) >= 11 is 0. The Balaban J connectivity index is 0. The Bertz CT molecular complexity index is 184. The van der Waals surface area contributed by atoms with Crippen molar-refractivity contribution in [3.63, 3.8) is 0 Å². The number of nitrogens with one attached hydrogen (secondary N) is 1. The molecule has 1 fully saturated rings. The van der Waals surface area contributed by atoms with Crippen LogP contribution in [0.3, 0.4) is 0 Å². The van der Waals surface area contributed by atoms with Gasteiger partial charge in [-0.1, -0.05) is 59.0 Å². The highest BCUT2D eigenvalue weighted by Gasteiger charge is 2.21. The van der Waals surface area contributed by atoms with Gasteiger partial charge in [0, 0.05) is 6.04 Å². The van der Waals surface area contributed by atoms with E-state index in [4.69, 9.17) is 0 Å². The lowest BCUT2D eigenvalue weighted by Crippen LogP contribution is -2.35. The maximum Gasteiger partial charge on any atom is 0.207 e. The van der Waals surface area contributed by atoms with Crippen LogP contribution in [-0.2, 0) is 4.79 Å². The lowest BCUT2D eigenvalue weighted by atomic mass is 9.89. The molecule has 1 aliphatic carbocycles. The van der Waals surface area contributed by atoms with Crippen molar-refractivity contribution in [2.24, 2.45) is 5.92 Å². The van der Waals surface area contributed by atoms with Crippen LogP contribution in [0.1, 0.15) is 79.1 Å². The Morgan fingerprint density at radius 2 is 1.68 bits per heavy atom. The van der Waals surface area contributed by atoms with Crippen LogP contribution >= 0.6 is 0 Å². The van der Waals surface area contributed by atoms with Gasteiger partial charge in [-0.05, 0) is 32.1 Å². The van der Waals surface area contributed by atoms with Gasteiger partial charge in [0.15, 0.2) is 0 Å². The third kappa shape index (κ3) is 12.0. The molecular formula is C17H35NO. The average molecular weight is 269 g/mol. The second-order valence-corrected chi connectivity index (χ2v) is 4.84. The van der Waals surface area contributed by atoms with Crippen molar-refractivity contribution >= 4 is 6.41 Å². The fraction of sp³-hybridized carbons (Fsp3) is 0.824. The first-order chi connectivity index (χ1) is 9.29. The van der Waals surface area contributed by atoms with Crippen LogP contribution in [-0.4, -0.2) is 12.5 Å². The van der Waals surface area contributed by atoms with Crippen molar-refractivity contribution in [3.8, 4) is 0 Å². The SMILES string of the molecule is C=CC.CC.CCCC(NC=O)C1CCCCCC1. The van der Waals surface area contributed by atoms with Crippen LogP contribution in [0, 0.1) is 5.92 Å². The van der Waals surface area contributed by atoms with Crippen molar-refractivity contribution in [3.05, 3.63) is 12.7 Å². The van der Waals surface area contributed by atoms with Crippen molar-refractivity contribution in [2.45, 2.75) is 85.1 Å². The third-order valence-corrected chi connectivity index (χ3v) is 3.35. The number of carbonyl (C=O) groups is 1. The Labute approximate surface area is 121 Å². The largest absolute Gasteiger partial charge is 0.356 e. The average Bonchev–Trinajstić information content (AvgIpc) is 2.71. The molecule has 1 saturated carbocycles. The number of rotatable bonds is 5. The maximum atomic E-state index is 10.5. The predicted molar refractivity (Wildman–Crippen MR) is 86.3 cm³/mol. The fourth-order valence-corrected chi connectivity index (χ4v) is 2.57. The molecule has 0 aromatic carbocycles. The third-order valence-electron chi connectivity index (χ3n) is 3.35. The van der Waals surface area contributed by atoms with Gasteiger partial charge in [0.25, 0.3) is 0 Å². The molecule has 1 unspecified atom stereocenters. The molecule has 2 heteroatoms. The van der Waals surface area contributed by atoms with Gasteiger partial charge in [-0.2, -0.15) is 0 Å². The van der Waals surface area contributed by atoms with E-state index in [9.17, 15) is 4.79 Å². The van der Waals surface area contributed by atoms with Gasteiger partial charge in [0.2, 0.25) is 6.41 Å². The first-order valence-electron chi connectivity index (χ1n) is 8.06. The van der Waals surface area contributed by atoms with E-state index in [-0.39, 0.29) is 0 Å². The van der Waals surface area contributed by atoms with Crippen LogP contribution in [0.4, 0.5) is 0 Å². The molecule has 0 spiro atoms. The second kappa shape index (κ2) is 17.2. The molecule has 1 aliphatic rings. The van der Waals surface area contributed by atoms with E-state index in [1.807, 2.05) is 20.8 Å². The van der Waals surface area contributed by atoms with Gasteiger partial charge in [-0.15, -0.1) is 6.58 Å². The second-order valence-electron chi connectivity index (χ2n) is 4.84. The van der Waals surface area contributed by atoms with Crippen molar-refractivity contribution in [1.82, 2.24) is 5.32 Å². The minimum absolute atomic E-state index is 0.440. The molecule has 1 N–H and O–H groups in total. The molecule has 0 saturated heterocycles. The van der Waals surface area contributed by atoms with Crippen LogP contribution in [0.15, 0.2) is 12.7 Å². The van der Waals surface area contributed by atoms with E-state index in [1.165, 1.54) is 44.9 Å². The Morgan fingerprint density at radius 3 is 2.05 bits per heavy atom. The number of hydrogen-bond donors (Lipinski definition) is 1. The summed E-state index contributed by atoms with van der Waals surface area (Å²) in [6, 6.07) is 0.440. The normalized spacial score (nSPS) is 16.6. The van der Waals surface area contributed by atoms with Crippen molar-refractivity contribution in [2.75, 3.05) is 0 Å². The van der Waals surface area contributed by atoms with E-state index in [0.717, 1.165) is 18.7 Å². The molecule has 0 radical (unpaired) electrons. The first kappa shape index (κ1) is 20.5. The summed E-state index contributed by atoms with van der Waals surface area (Å²) in [4.78, 5) is 10.5. The summed E-state index contributed by atoms with van der Waals surface area (Å²) in [5.74, 6) is 0.739. The van der Waals surface area contributed by atoms with E-state index in [1.54, 1.807) is 6.08 Å². The zero-order valence-electron chi connectivity index (χ0n) is 13.6. The molecule has 0 heterocycles. The molecule has 0 aromatic heterocycles. The Kier molecular flexibility index (Phi) is 18.6. The highest BCUT2D eigenvalue weighted by atomic mass is 16.1. The molecule has 1 atom stereocenters. The standard InChI is InChI=1S/C12H23NO.C3H6.C2H6/c1-2-7-12(13-10-14)11-8-5-3-4-6-9-11;1-3-2;1-2/h10-12H,2-9H2,1H3,(H,13,14);3H,1H2,2H3;1-2H3. The van der Waals surface area contributed by atoms with Gasteiger partial charge in [-0.3, -0.25) is 4.79 Å². The highest BCUT2D eigenvalue weighted by Crippen LogP contribution is 2.27. The van der Waals surface area contributed by atoms with Crippen molar-refractivity contribution in [1.29, 1.82) is 0 Å². The van der Waals surface area contributed by atoms with Gasteiger partial charge in [0.05, 0.1) is 0 Å². The lowest BCUT2D eigenvalue weighted by Gasteiger charge is -2.25. The predicted octanol–water partition coefficient (Wildman–Crippen LogP) is 5.09. The van der Waals surface area contributed by atoms with Gasteiger partial charge >= 0.3 is 0 Å². The monoisotopic (exact) mass is 269 g/mol. The van der Waals surface area contributed by atoms with E-state index < -0.39 is 0 Å². The molecule has 0 aromatic rings. The first-order valence-corrected chi connectivity index (χ1v) is 8.06. The minimum atomic E-state index is 0.440. The molecule has 1 amide bonds. The summed E-state index contributed by atoms with van der Waals surface area (Å²) in [5, 5.41) is 3.00. The number of allylic oxidation sites excluding steroid dienone is 1. The number of amides is 1. The zero-order valence-corrected chi connectivity index (χ0v) is 13.6. The van der Waals surface area contributed by atoms with Crippen LogP contribution in [0.2, 0.25) is 0 Å². The Morgan fingerprint density at radius 1 is 1.21 bits per heavy atom. The summed E-state index contributed by atoms with van der Waals surface area (Å²) in [6.45, 7) is 11.4. The smallest absolute Gasteiger partial charge is 0.207 e. The minimum Gasteiger partial charge on any atom is -0.356 e. The van der Waals surface area contributed by atoms with Crippen LogP contribution in [0.25, 0.3) is 0 Å². The fourth-order valence-electron chi connectivity index (χ4n) is 2.57. The summed E-state index contributed by atoms with van der Waals surface area (Å²) in [5.41, 5.74) is 0. The van der Waals surface area contributed by atoms with Gasteiger partial charge in [0.1, 0.15) is 0 Å². The molecule has 0 bridgehead atoms. The number of carbonyl (C=O) groups excluding carboxylic acids is 1. The molecule has 2 nitrogen and oxygen atoms in total. The van der Waals surface area contributed by atoms with E-state index in [2.05, 4.69) is 18.8 Å². The van der Waals surface area contributed by atoms with Gasteiger partial charge < -0.3 is 5.32 Å². The molecule has 0 aliphatic heterocycles. The topological polar surface area (TPSA) is 29.1 Å². The van der Waals surface area contributed by atoms with Crippen LogP contribution < -0.4 is 5.32 Å². The highest BCUT2D eigenvalue weighted by molar-refractivity contribution is 5.46. The van der Waals surface area contributed by atoms with Crippen LogP contribution in [0.5, 0.6) is 0 Å². The van der Waals surface area contributed by atoms with Gasteiger partial charge in [-0.25, -0.2) is 0 Å². The molecule has 114 valence electrons. The summed E-state index contributed by atoms with van der Waals surface area (Å²) < 4.78 is 0. The molecule has 1 rings (SSSR count). The lowest BCUT2D eigenvalue weighted by molar-refractivity contribution is -0.110. The van der Waals surface area contributed by atoms with Crippen molar-refractivity contribution < 1.29 is 4.79 Å². The zero-order chi connectivity index (χ0) is 14.9. The maximum absolute atomic E-state index is 10.5. The summed E-state index contributed by atoms with van der Waals surface area (Å²) in [6.07, 6.45) is 13.0. The quantitative estimate of drug-likeness (QED) is 0.420. The number of hydrogen-bond acceptors (Lipinski definition) is 1. The summed E-state index contributed by atoms with van der Waals surface area (Å²) in [7, 11) is 0. The molecular weight excluding hydrogens is 234 g/mol. The molecule has 19 heavy (non-hydrogen) atoms.